The van der Waals surface area contributed by atoms with Crippen LogP contribution in [0.4, 0.5) is 0 Å². The normalized spacial score (nSPS) is 9.00. The topological polar surface area (TPSA) is 65.8 Å². The molecule has 4 nitrogen and oxygen atoms in total. The third-order valence-electron chi connectivity index (χ3n) is 1.45. The van der Waals surface area contributed by atoms with Crippen molar-refractivity contribution < 1.29 is 4.79 Å². The molecule has 0 N–H and O–H groups in total. The van der Waals surface area contributed by atoms with Crippen molar-refractivity contribution in [2.45, 2.75) is 0 Å². The lowest BCUT2D eigenvalue weighted by Crippen LogP contribution is -2.02. The number of carbonyl (C=O) groups excluding carboxylic acids is 1. The van der Waals surface area contributed by atoms with E-state index in [1.165, 1.54) is 0 Å². The summed E-state index contributed by atoms with van der Waals surface area (Å²) in [6, 6.07) is 6.64. The molecular weight excluding hydrogens is 190 g/mol. The van der Waals surface area contributed by atoms with Gasteiger partial charge in [-0.3, -0.25) is 4.79 Å². The minimum absolute atomic E-state index is 0.194. The summed E-state index contributed by atoms with van der Waals surface area (Å²) in [5.74, 6) is -0.275. The quantitative estimate of drug-likeness (QED) is 0.317. The number of hydrogen-bond donors (Lipinski definition) is 0. The molecule has 0 aliphatic carbocycles. The molecule has 0 aliphatic heterocycles. The number of nitrogens with zero attached hydrogens (tertiary/aromatic N) is 3. The molecule has 0 unspecified atom stereocenters. The van der Waals surface area contributed by atoms with Crippen LogP contribution in [0.15, 0.2) is 29.4 Å². The first-order chi connectivity index (χ1) is 6.25. The monoisotopic (exact) mass is 195 g/mol. The Labute approximate surface area is 79.8 Å². The molecule has 5 heteroatoms. The predicted molar refractivity (Wildman–Crippen MR) is 49.8 cm³/mol. The molecule has 0 aromatic heterocycles. The summed E-state index contributed by atoms with van der Waals surface area (Å²) in [4.78, 5) is 13.8. The minimum Gasteiger partial charge on any atom is -0.294 e. The molecule has 0 amide bonds. The van der Waals surface area contributed by atoms with Gasteiger partial charge in [0.2, 0.25) is 0 Å². The summed E-state index contributed by atoms with van der Waals surface area (Å²) >= 11 is 5.74. The minimum atomic E-state index is -0.275. The molecule has 0 heterocycles. The fourth-order valence-corrected chi connectivity index (χ4v) is 1.11. The van der Waals surface area contributed by atoms with Gasteiger partial charge in [-0.15, -0.1) is 0 Å². The molecule has 0 spiro atoms. The molecule has 0 saturated heterocycles. The van der Waals surface area contributed by atoms with Crippen LogP contribution >= 0.6 is 11.6 Å². The zero-order chi connectivity index (χ0) is 9.68. The van der Waals surface area contributed by atoms with Gasteiger partial charge in [-0.1, -0.05) is 28.8 Å². The third-order valence-corrected chi connectivity index (χ3v) is 1.78. The Morgan fingerprint density at radius 2 is 2.23 bits per heavy atom. The first-order valence-electron chi connectivity index (χ1n) is 3.54. The van der Waals surface area contributed by atoms with Crippen LogP contribution in [0.1, 0.15) is 10.4 Å². The summed E-state index contributed by atoms with van der Waals surface area (Å²) in [6.07, 6.45) is 0. The summed E-state index contributed by atoms with van der Waals surface area (Å²) in [5.41, 5.74) is 8.39. The first-order valence-corrected chi connectivity index (χ1v) is 3.92. The van der Waals surface area contributed by atoms with Crippen LogP contribution in [-0.2, 0) is 0 Å². The third kappa shape index (κ3) is 2.47. The lowest BCUT2D eigenvalue weighted by Gasteiger charge is -1.98. The van der Waals surface area contributed by atoms with Gasteiger partial charge in [-0.2, -0.15) is 0 Å². The fraction of sp³-hybridized carbons (Fsp3) is 0.125. The van der Waals surface area contributed by atoms with E-state index >= 15 is 0 Å². The van der Waals surface area contributed by atoms with Gasteiger partial charge in [0, 0.05) is 10.5 Å². The number of ketones is 1. The maximum atomic E-state index is 11.3. The van der Waals surface area contributed by atoms with E-state index in [0.29, 0.717) is 10.6 Å². The maximum Gasteiger partial charge on any atom is 0.170 e. The van der Waals surface area contributed by atoms with Crippen LogP contribution < -0.4 is 0 Å². The van der Waals surface area contributed by atoms with E-state index in [1.807, 2.05) is 0 Å². The Balaban J connectivity index is 2.88. The largest absolute Gasteiger partial charge is 0.294 e. The number of carbonyl (C=O) groups is 1. The van der Waals surface area contributed by atoms with Crippen molar-refractivity contribution >= 4 is 17.4 Å². The number of rotatable bonds is 3. The van der Waals surface area contributed by atoms with Gasteiger partial charge in [0.15, 0.2) is 5.78 Å². The second-order valence-corrected chi connectivity index (χ2v) is 2.70. The summed E-state index contributed by atoms with van der Waals surface area (Å²) in [7, 11) is 0. The van der Waals surface area contributed by atoms with Crippen LogP contribution in [0, 0.1) is 0 Å². The van der Waals surface area contributed by atoms with Crippen molar-refractivity contribution in [3.8, 4) is 0 Å². The van der Waals surface area contributed by atoms with Gasteiger partial charge < -0.3 is 0 Å². The van der Waals surface area contributed by atoms with E-state index in [-0.39, 0.29) is 12.3 Å². The second-order valence-electron chi connectivity index (χ2n) is 2.29. The van der Waals surface area contributed by atoms with Crippen molar-refractivity contribution in [2.75, 3.05) is 6.54 Å². The van der Waals surface area contributed by atoms with Gasteiger partial charge >= 0.3 is 0 Å². The molecule has 0 fully saturated rings. The Kier molecular flexibility index (Phi) is 3.31. The van der Waals surface area contributed by atoms with Gasteiger partial charge in [0.05, 0.1) is 11.6 Å². The Morgan fingerprint density at radius 1 is 1.54 bits per heavy atom. The highest BCUT2D eigenvalue weighted by Crippen LogP contribution is 2.15. The van der Waals surface area contributed by atoms with Crippen LogP contribution in [0.25, 0.3) is 10.4 Å². The van der Waals surface area contributed by atoms with Crippen LogP contribution in [-0.4, -0.2) is 12.3 Å². The SMILES string of the molecule is [N-]=[N+]=NCC(=O)c1ccccc1Cl. The highest BCUT2D eigenvalue weighted by atomic mass is 35.5. The maximum absolute atomic E-state index is 11.3. The Bertz CT molecular complexity index is 371. The summed E-state index contributed by atoms with van der Waals surface area (Å²) in [6.45, 7) is -0.194. The average Bonchev–Trinajstić information content (AvgIpc) is 2.15. The molecule has 0 bridgehead atoms. The van der Waals surface area contributed by atoms with Crippen molar-refractivity contribution in [2.24, 2.45) is 5.11 Å². The fourth-order valence-electron chi connectivity index (χ4n) is 0.868. The van der Waals surface area contributed by atoms with Gasteiger partial charge in [0.1, 0.15) is 0 Å². The molecule has 0 radical (unpaired) electrons. The van der Waals surface area contributed by atoms with Crippen molar-refractivity contribution in [1.82, 2.24) is 0 Å². The van der Waals surface area contributed by atoms with Gasteiger partial charge in [-0.05, 0) is 17.7 Å². The molecule has 0 atom stereocenters. The molecule has 1 rings (SSSR count). The average molecular weight is 196 g/mol. The van der Waals surface area contributed by atoms with E-state index < -0.39 is 0 Å². The number of halogens is 1. The van der Waals surface area contributed by atoms with E-state index in [2.05, 4.69) is 10.0 Å². The highest BCUT2D eigenvalue weighted by Gasteiger charge is 2.07. The van der Waals surface area contributed by atoms with Crippen molar-refractivity contribution in [3.05, 3.63) is 45.3 Å². The zero-order valence-corrected chi connectivity index (χ0v) is 7.40. The Morgan fingerprint density at radius 3 is 2.85 bits per heavy atom. The number of Topliss-reactive ketones (excluding diaryl/α,β-unsaturated/α-hetero) is 1. The second kappa shape index (κ2) is 4.50. The molecule has 1 aromatic rings. The van der Waals surface area contributed by atoms with Crippen LogP contribution in [0.5, 0.6) is 0 Å². The van der Waals surface area contributed by atoms with E-state index in [9.17, 15) is 4.79 Å². The van der Waals surface area contributed by atoms with Crippen molar-refractivity contribution in [3.63, 3.8) is 0 Å². The molecule has 0 saturated carbocycles. The molecule has 0 aliphatic rings. The number of benzene rings is 1. The van der Waals surface area contributed by atoms with Gasteiger partial charge in [0.25, 0.3) is 0 Å². The lowest BCUT2D eigenvalue weighted by molar-refractivity contribution is 0.100. The molecule has 1 aromatic carbocycles. The van der Waals surface area contributed by atoms with Crippen molar-refractivity contribution in [1.29, 1.82) is 0 Å². The van der Waals surface area contributed by atoms with E-state index in [1.54, 1.807) is 24.3 Å². The summed E-state index contributed by atoms with van der Waals surface area (Å²) < 4.78 is 0. The zero-order valence-electron chi connectivity index (χ0n) is 6.64. The molecule has 66 valence electrons. The molecular formula is C8H6ClN3O. The Hall–Kier alpha value is -1.51. The molecule has 13 heavy (non-hydrogen) atoms. The first kappa shape index (κ1) is 9.58. The summed E-state index contributed by atoms with van der Waals surface area (Å²) in [5, 5.41) is 3.54. The standard InChI is InChI=1S/C8H6ClN3O/c9-7-4-2-1-3-6(7)8(13)5-11-12-10/h1-4H,5H2. The highest BCUT2D eigenvalue weighted by molar-refractivity contribution is 6.34. The van der Waals surface area contributed by atoms with Crippen LogP contribution in [0.2, 0.25) is 5.02 Å². The van der Waals surface area contributed by atoms with Crippen LogP contribution in [0.3, 0.4) is 0 Å². The van der Waals surface area contributed by atoms with E-state index in [0.717, 1.165) is 0 Å². The smallest absolute Gasteiger partial charge is 0.170 e. The number of hydrogen-bond acceptors (Lipinski definition) is 2. The number of azide groups is 1. The van der Waals surface area contributed by atoms with Gasteiger partial charge in [-0.25, -0.2) is 0 Å². The lowest BCUT2D eigenvalue weighted by atomic mass is 10.1. The van der Waals surface area contributed by atoms with E-state index in [4.69, 9.17) is 17.1 Å². The predicted octanol–water partition coefficient (Wildman–Crippen LogP) is 2.83.